The van der Waals surface area contributed by atoms with E-state index in [1.54, 1.807) is 6.07 Å². The van der Waals surface area contributed by atoms with Crippen molar-refractivity contribution < 1.29 is 9.52 Å². The Hall–Kier alpha value is -0.960. The molecular weight excluding hydrogens is 256 g/mol. The zero-order valence-corrected chi connectivity index (χ0v) is 10.3. The molecule has 2 nitrogen and oxygen atoms in total. The van der Waals surface area contributed by atoms with Gasteiger partial charge in [0, 0.05) is 6.42 Å². The zero-order chi connectivity index (χ0) is 11.0. The molecule has 0 aliphatic heterocycles. The normalized spacial score (nSPS) is 11.5. The smallest absolute Gasteiger partial charge is 0.140 e. The van der Waals surface area contributed by atoms with Crippen LogP contribution in [0.2, 0.25) is 0 Å². The van der Waals surface area contributed by atoms with Crippen LogP contribution >= 0.6 is 15.9 Å². The molecule has 15 heavy (non-hydrogen) atoms. The van der Waals surface area contributed by atoms with Gasteiger partial charge in [0.25, 0.3) is 0 Å². The summed E-state index contributed by atoms with van der Waals surface area (Å²) < 4.78 is 6.33. The van der Waals surface area contributed by atoms with E-state index in [0.29, 0.717) is 10.4 Å². The van der Waals surface area contributed by atoms with Crippen LogP contribution in [0.15, 0.2) is 27.1 Å². The maximum Gasteiger partial charge on any atom is 0.140 e. The minimum atomic E-state index is 0.256. The fraction of sp³-hybridized carbons (Fsp3) is 0.333. The molecule has 0 saturated carbocycles. The van der Waals surface area contributed by atoms with Crippen LogP contribution in [0.4, 0.5) is 0 Å². The summed E-state index contributed by atoms with van der Waals surface area (Å²) in [6.07, 6.45) is 0.895. The Morgan fingerprint density at radius 2 is 2.13 bits per heavy atom. The number of rotatable bonds is 2. The predicted octanol–water partition coefficient (Wildman–Crippen LogP) is 4.10. The minimum absolute atomic E-state index is 0.256. The second kappa shape index (κ2) is 3.89. The lowest BCUT2D eigenvalue weighted by Gasteiger charge is -1.98. The highest BCUT2D eigenvalue weighted by Gasteiger charge is 2.10. The van der Waals surface area contributed by atoms with Crippen molar-refractivity contribution in [2.45, 2.75) is 20.3 Å². The average molecular weight is 269 g/mol. The van der Waals surface area contributed by atoms with Gasteiger partial charge >= 0.3 is 0 Å². The zero-order valence-electron chi connectivity index (χ0n) is 8.75. The van der Waals surface area contributed by atoms with Crippen molar-refractivity contribution in [1.82, 2.24) is 0 Å². The van der Waals surface area contributed by atoms with Crippen LogP contribution < -0.4 is 0 Å². The maximum atomic E-state index is 9.80. The summed E-state index contributed by atoms with van der Waals surface area (Å²) in [5, 5.41) is 10.6. The molecule has 0 saturated heterocycles. The lowest BCUT2D eigenvalue weighted by Crippen LogP contribution is -1.90. The number of aromatic hydroxyl groups is 1. The van der Waals surface area contributed by atoms with Gasteiger partial charge in [0.2, 0.25) is 0 Å². The number of benzene rings is 1. The third-order valence-electron chi connectivity index (χ3n) is 2.28. The summed E-state index contributed by atoms with van der Waals surface area (Å²) in [4.78, 5) is 0. The molecule has 2 aromatic rings. The molecule has 1 N–H and O–H groups in total. The first-order chi connectivity index (χ1) is 7.08. The summed E-state index contributed by atoms with van der Waals surface area (Å²) >= 11 is 3.28. The van der Waals surface area contributed by atoms with Gasteiger partial charge in [-0.05, 0) is 40.0 Å². The molecule has 0 fully saturated rings. The molecule has 0 amide bonds. The monoisotopic (exact) mass is 268 g/mol. The van der Waals surface area contributed by atoms with E-state index < -0.39 is 0 Å². The van der Waals surface area contributed by atoms with Crippen LogP contribution in [-0.2, 0) is 6.42 Å². The average Bonchev–Trinajstić information content (AvgIpc) is 2.54. The van der Waals surface area contributed by atoms with E-state index in [-0.39, 0.29) is 5.75 Å². The molecule has 0 atom stereocenters. The number of phenolic OH excluding ortho intramolecular Hbond substituents is 1. The summed E-state index contributed by atoms with van der Waals surface area (Å²) in [6, 6.07) is 5.57. The molecule has 0 aliphatic carbocycles. The number of fused-ring (bicyclic) bond motifs is 1. The lowest BCUT2D eigenvalue weighted by atomic mass is 10.1. The molecule has 1 heterocycles. The first kappa shape index (κ1) is 10.6. The standard InChI is InChI=1S/C12H13BrO2/c1-7(2)5-8-6-9-11(15-8)4-3-10(13)12(9)14/h3-4,6-7,14H,5H2,1-2H3. The summed E-state index contributed by atoms with van der Waals surface area (Å²) in [5.74, 6) is 1.73. The van der Waals surface area contributed by atoms with Crippen LogP contribution in [0, 0.1) is 5.92 Å². The van der Waals surface area contributed by atoms with Crippen LogP contribution in [0.1, 0.15) is 19.6 Å². The minimum Gasteiger partial charge on any atom is -0.506 e. The van der Waals surface area contributed by atoms with Gasteiger partial charge < -0.3 is 9.52 Å². The third-order valence-corrected chi connectivity index (χ3v) is 2.92. The van der Waals surface area contributed by atoms with Gasteiger partial charge in [-0.3, -0.25) is 0 Å². The van der Waals surface area contributed by atoms with Crippen LogP contribution in [-0.4, -0.2) is 5.11 Å². The Morgan fingerprint density at radius 1 is 1.40 bits per heavy atom. The van der Waals surface area contributed by atoms with E-state index >= 15 is 0 Å². The Kier molecular flexibility index (Phi) is 2.74. The Bertz CT molecular complexity index is 486. The van der Waals surface area contributed by atoms with Crippen LogP contribution in [0.5, 0.6) is 5.75 Å². The highest BCUT2D eigenvalue weighted by atomic mass is 79.9. The quantitative estimate of drug-likeness (QED) is 0.890. The summed E-state index contributed by atoms with van der Waals surface area (Å²) in [7, 11) is 0. The van der Waals surface area contributed by atoms with Gasteiger partial charge in [0.05, 0.1) is 9.86 Å². The number of hydrogen-bond donors (Lipinski definition) is 1. The first-order valence-electron chi connectivity index (χ1n) is 4.98. The fourth-order valence-corrected chi connectivity index (χ4v) is 1.97. The van der Waals surface area contributed by atoms with Crippen LogP contribution in [0.25, 0.3) is 11.0 Å². The molecule has 2 rings (SSSR count). The largest absolute Gasteiger partial charge is 0.506 e. The van der Waals surface area contributed by atoms with Gasteiger partial charge in [-0.25, -0.2) is 0 Å². The van der Waals surface area contributed by atoms with E-state index in [0.717, 1.165) is 23.2 Å². The lowest BCUT2D eigenvalue weighted by molar-refractivity contribution is 0.477. The van der Waals surface area contributed by atoms with Crippen molar-refractivity contribution in [3.05, 3.63) is 28.4 Å². The van der Waals surface area contributed by atoms with Crippen molar-refractivity contribution >= 4 is 26.9 Å². The first-order valence-corrected chi connectivity index (χ1v) is 5.77. The molecule has 3 heteroatoms. The summed E-state index contributed by atoms with van der Waals surface area (Å²) in [6.45, 7) is 4.28. The molecule has 80 valence electrons. The predicted molar refractivity (Wildman–Crippen MR) is 64.1 cm³/mol. The van der Waals surface area contributed by atoms with Crippen molar-refractivity contribution in [3.63, 3.8) is 0 Å². The van der Waals surface area contributed by atoms with Gasteiger partial charge in [0.1, 0.15) is 17.1 Å². The van der Waals surface area contributed by atoms with Gasteiger partial charge in [-0.2, -0.15) is 0 Å². The highest BCUT2D eigenvalue weighted by Crippen LogP contribution is 2.34. The molecule has 0 aliphatic rings. The second-order valence-corrected chi connectivity index (χ2v) is 4.97. The van der Waals surface area contributed by atoms with Crippen LogP contribution in [0.3, 0.4) is 0 Å². The van der Waals surface area contributed by atoms with E-state index in [4.69, 9.17) is 4.42 Å². The number of hydrogen-bond acceptors (Lipinski definition) is 2. The van der Waals surface area contributed by atoms with Crippen molar-refractivity contribution in [1.29, 1.82) is 0 Å². The molecule has 1 aromatic carbocycles. The molecule has 0 radical (unpaired) electrons. The maximum absolute atomic E-state index is 9.80. The van der Waals surface area contributed by atoms with E-state index in [9.17, 15) is 5.11 Å². The number of halogens is 1. The number of furan rings is 1. The molecule has 0 spiro atoms. The molecule has 1 aromatic heterocycles. The molecule has 0 bridgehead atoms. The van der Waals surface area contributed by atoms with E-state index in [1.165, 1.54) is 0 Å². The van der Waals surface area contributed by atoms with Crippen molar-refractivity contribution in [2.75, 3.05) is 0 Å². The van der Waals surface area contributed by atoms with Crippen molar-refractivity contribution in [3.8, 4) is 5.75 Å². The topological polar surface area (TPSA) is 33.4 Å². The second-order valence-electron chi connectivity index (χ2n) is 4.12. The van der Waals surface area contributed by atoms with E-state index in [1.807, 2.05) is 12.1 Å². The Balaban J connectivity index is 2.51. The SMILES string of the molecule is CC(C)Cc1cc2c(O)c(Br)ccc2o1. The summed E-state index contributed by atoms with van der Waals surface area (Å²) in [5.41, 5.74) is 0.742. The third kappa shape index (κ3) is 2.02. The highest BCUT2D eigenvalue weighted by molar-refractivity contribution is 9.10. The Labute approximate surface area is 97.0 Å². The Morgan fingerprint density at radius 3 is 2.80 bits per heavy atom. The molecule has 0 unspecified atom stereocenters. The van der Waals surface area contributed by atoms with Crippen molar-refractivity contribution in [2.24, 2.45) is 5.92 Å². The molecular formula is C12H13BrO2. The van der Waals surface area contributed by atoms with Gasteiger partial charge in [-0.1, -0.05) is 13.8 Å². The van der Waals surface area contributed by atoms with Gasteiger partial charge in [-0.15, -0.1) is 0 Å². The number of phenols is 1. The van der Waals surface area contributed by atoms with E-state index in [2.05, 4.69) is 29.8 Å². The van der Waals surface area contributed by atoms with Gasteiger partial charge in [0.15, 0.2) is 0 Å². The fourth-order valence-electron chi connectivity index (χ4n) is 1.63.